The molecule has 2 aromatic carbocycles. The van der Waals surface area contributed by atoms with Gasteiger partial charge in [-0.25, -0.2) is 9.78 Å². The smallest absolute Gasteiger partial charge is 0.488 e. The Balaban J connectivity index is 1.62. The minimum atomic E-state index is -5.28. The van der Waals surface area contributed by atoms with Gasteiger partial charge in [0.2, 0.25) is 5.95 Å². The van der Waals surface area contributed by atoms with Gasteiger partial charge in [-0.3, -0.25) is 0 Å². The maximum absolute atomic E-state index is 13.1. The van der Waals surface area contributed by atoms with E-state index in [4.69, 9.17) is 21.1 Å². The lowest BCUT2D eigenvalue weighted by Crippen LogP contribution is -2.39. The van der Waals surface area contributed by atoms with E-state index in [2.05, 4.69) is 24.8 Å². The van der Waals surface area contributed by atoms with Crippen LogP contribution >= 0.6 is 18.7 Å². The molecule has 3 aromatic rings. The number of hydrogen-bond acceptors (Lipinski definition) is 11. The molecule has 16 heteroatoms. The Hall–Kier alpha value is -3.61. The van der Waals surface area contributed by atoms with Gasteiger partial charge in [-0.2, -0.15) is 13.4 Å². The number of carbonyl (C=O) groups excluding carboxylic acids is 1. The standard InChI is InChI=1S/C27H32ClFN5O7PS/c1-27(2,3)40-26(35)34-10-9-16-12-22(39-4)21(11-17(16)15-34)32-25-30-14-19(28)24(33-25)31-20-8-7-18(41-43(29,37)38)13-23(20)42(5,6)36/h7-8,11-14H,9-10,15H2,1-6H3,(H2,30,31,32,33). The van der Waals surface area contributed by atoms with Gasteiger partial charge < -0.3 is 33.8 Å². The number of aromatic nitrogens is 2. The van der Waals surface area contributed by atoms with Gasteiger partial charge in [0, 0.05) is 18.4 Å². The van der Waals surface area contributed by atoms with Gasteiger partial charge in [-0.15, -0.1) is 0 Å². The van der Waals surface area contributed by atoms with Crippen LogP contribution in [0, 0.1) is 0 Å². The Bertz CT molecular complexity index is 1710. The average Bonchev–Trinajstić information content (AvgIpc) is 2.88. The third kappa shape index (κ3) is 8.49. The zero-order valence-electron chi connectivity index (χ0n) is 24.4. The number of amides is 1. The molecule has 1 aliphatic heterocycles. The predicted octanol–water partition coefficient (Wildman–Crippen LogP) is 5.76. The zero-order valence-corrected chi connectivity index (χ0v) is 26.9. The van der Waals surface area contributed by atoms with Crippen LogP contribution in [-0.2, 0) is 32.8 Å². The molecule has 0 unspecified atom stereocenters. The first-order valence-electron chi connectivity index (χ1n) is 13.0. The number of halogens is 2. The van der Waals surface area contributed by atoms with Crippen LogP contribution in [0.4, 0.5) is 31.8 Å². The highest BCUT2D eigenvalue weighted by Gasteiger charge is 2.27. The van der Waals surface area contributed by atoms with Crippen LogP contribution in [0.15, 0.2) is 36.5 Å². The summed E-state index contributed by atoms with van der Waals surface area (Å²) in [6.07, 6.45) is 1.59. The molecular formula is C27H32ClFN5O7PS. The van der Waals surface area contributed by atoms with E-state index >= 15 is 0 Å². The predicted molar refractivity (Wildman–Crippen MR) is 163 cm³/mol. The SMILES string of the molecule is COc1cc2c(cc1Nc1ncc(Cl)c(Nc3ccc(OS(=O)(=O)F)cc3P(C)(C)=O)n1)CN(C(=O)OC(C)(C)C)CC2. The zero-order chi connectivity index (χ0) is 31.7. The van der Waals surface area contributed by atoms with Crippen molar-refractivity contribution in [3.63, 3.8) is 0 Å². The largest absolute Gasteiger partial charge is 0.495 e. The minimum Gasteiger partial charge on any atom is -0.495 e. The molecule has 1 aromatic heterocycles. The van der Waals surface area contributed by atoms with Crippen LogP contribution in [-0.4, -0.2) is 62.0 Å². The first-order chi connectivity index (χ1) is 19.9. The Morgan fingerprint density at radius 1 is 1.12 bits per heavy atom. The van der Waals surface area contributed by atoms with Crippen LogP contribution in [0.3, 0.4) is 0 Å². The van der Waals surface area contributed by atoms with Gasteiger partial charge in [0.1, 0.15) is 29.3 Å². The van der Waals surface area contributed by atoms with Gasteiger partial charge in [0.25, 0.3) is 0 Å². The van der Waals surface area contributed by atoms with Crippen molar-refractivity contribution in [2.75, 3.05) is 37.6 Å². The Morgan fingerprint density at radius 2 is 1.84 bits per heavy atom. The lowest BCUT2D eigenvalue weighted by atomic mass is 9.98. The summed E-state index contributed by atoms with van der Waals surface area (Å²) in [5.41, 5.74) is 2.15. The van der Waals surface area contributed by atoms with Crippen molar-refractivity contribution in [3.8, 4) is 11.5 Å². The number of fused-ring (bicyclic) bond motifs is 1. The van der Waals surface area contributed by atoms with Crippen molar-refractivity contribution in [2.45, 2.75) is 39.3 Å². The molecule has 0 aliphatic carbocycles. The Morgan fingerprint density at radius 3 is 2.47 bits per heavy atom. The number of carbonyl (C=O) groups is 1. The second-order valence-electron chi connectivity index (χ2n) is 11.1. The topological polar surface area (TPSA) is 149 Å². The van der Waals surface area contributed by atoms with Crippen molar-refractivity contribution in [2.24, 2.45) is 0 Å². The van der Waals surface area contributed by atoms with E-state index in [1.807, 2.05) is 32.9 Å². The summed E-state index contributed by atoms with van der Waals surface area (Å²) in [6, 6.07) is 7.51. The van der Waals surface area contributed by atoms with Crippen LogP contribution in [0.2, 0.25) is 5.02 Å². The summed E-state index contributed by atoms with van der Waals surface area (Å²) in [5, 5.41) is 6.44. The number of ether oxygens (including phenoxy) is 2. The van der Waals surface area contributed by atoms with Crippen LogP contribution in [0.25, 0.3) is 0 Å². The molecule has 0 spiro atoms. The van der Waals surface area contributed by atoms with E-state index in [1.54, 1.807) is 4.90 Å². The van der Waals surface area contributed by atoms with Gasteiger partial charge in [-0.1, -0.05) is 15.5 Å². The Kier molecular flexibility index (Phi) is 9.15. The molecule has 0 fully saturated rings. The third-order valence-corrected chi connectivity index (χ3v) is 8.37. The summed E-state index contributed by atoms with van der Waals surface area (Å²) in [7, 11) is -6.77. The van der Waals surface area contributed by atoms with Crippen molar-refractivity contribution in [1.82, 2.24) is 14.9 Å². The maximum Gasteiger partial charge on any atom is 0.488 e. The van der Waals surface area contributed by atoms with Gasteiger partial charge >= 0.3 is 16.6 Å². The lowest BCUT2D eigenvalue weighted by Gasteiger charge is -2.31. The van der Waals surface area contributed by atoms with Crippen molar-refractivity contribution < 1.29 is 35.3 Å². The highest BCUT2D eigenvalue weighted by atomic mass is 35.5. The third-order valence-electron chi connectivity index (χ3n) is 6.17. The summed E-state index contributed by atoms with van der Waals surface area (Å²) in [5.74, 6) is 0.490. The molecule has 2 heterocycles. The summed E-state index contributed by atoms with van der Waals surface area (Å²) in [4.78, 5) is 23.0. The van der Waals surface area contributed by atoms with E-state index in [9.17, 15) is 21.7 Å². The molecule has 1 aliphatic rings. The number of benzene rings is 2. The molecular weight excluding hydrogens is 624 g/mol. The monoisotopic (exact) mass is 655 g/mol. The van der Waals surface area contributed by atoms with Crippen molar-refractivity contribution in [3.05, 3.63) is 52.7 Å². The Labute approximate surface area is 254 Å². The van der Waals surface area contributed by atoms with E-state index in [0.717, 1.165) is 11.1 Å². The quantitative estimate of drug-likeness (QED) is 0.225. The number of rotatable bonds is 8. The van der Waals surface area contributed by atoms with E-state index in [0.29, 0.717) is 30.9 Å². The van der Waals surface area contributed by atoms with Gasteiger partial charge in [0.05, 0.1) is 24.7 Å². The van der Waals surface area contributed by atoms with E-state index in [-0.39, 0.29) is 33.5 Å². The summed E-state index contributed by atoms with van der Waals surface area (Å²) < 4.78 is 63.4. The van der Waals surface area contributed by atoms with E-state index < -0.39 is 29.3 Å². The summed E-state index contributed by atoms with van der Waals surface area (Å²) in [6.45, 7) is 9.23. The lowest BCUT2D eigenvalue weighted by molar-refractivity contribution is 0.0224. The first-order valence-corrected chi connectivity index (χ1v) is 17.3. The molecule has 2 N–H and O–H groups in total. The van der Waals surface area contributed by atoms with Gasteiger partial charge in [-0.05, 0) is 82.0 Å². The first kappa shape index (κ1) is 32.3. The van der Waals surface area contributed by atoms with Gasteiger partial charge in [0.15, 0.2) is 5.82 Å². The highest BCUT2D eigenvalue weighted by Crippen LogP contribution is 2.41. The molecule has 4 rings (SSSR count). The van der Waals surface area contributed by atoms with E-state index in [1.165, 1.54) is 44.8 Å². The van der Waals surface area contributed by atoms with Crippen LogP contribution in [0.5, 0.6) is 11.5 Å². The molecule has 0 atom stereocenters. The number of anilines is 4. The normalized spacial score (nSPS) is 13.6. The second-order valence-corrected chi connectivity index (χ2v) is 15.7. The van der Waals surface area contributed by atoms with Crippen LogP contribution in [0.1, 0.15) is 31.9 Å². The van der Waals surface area contributed by atoms with Crippen LogP contribution < -0.4 is 24.9 Å². The summed E-state index contributed by atoms with van der Waals surface area (Å²) >= 11 is 6.37. The molecule has 43 heavy (non-hydrogen) atoms. The molecule has 12 nitrogen and oxygen atoms in total. The fourth-order valence-electron chi connectivity index (χ4n) is 4.33. The average molecular weight is 656 g/mol. The molecule has 0 radical (unpaired) electrons. The van der Waals surface area contributed by atoms with Crippen molar-refractivity contribution in [1.29, 1.82) is 0 Å². The molecule has 232 valence electrons. The number of hydrogen-bond donors (Lipinski definition) is 2. The minimum absolute atomic E-state index is 0.135. The van der Waals surface area contributed by atoms with Crippen molar-refractivity contribution >= 4 is 63.8 Å². The number of methoxy groups -OCH3 is 1. The molecule has 0 saturated carbocycles. The maximum atomic E-state index is 13.1. The molecule has 1 amide bonds. The fraction of sp³-hybridized carbons (Fsp3) is 0.370. The highest BCUT2D eigenvalue weighted by molar-refractivity contribution is 7.81. The molecule has 0 bridgehead atoms. The second kappa shape index (κ2) is 12.2. The molecule has 0 saturated heterocycles. The fourth-order valence-corrected chi connectivity index (χ4v) is 5.95. The number of nitrogens with one attached hydrogen (secondary N) is 2. The number of nitrogens with zero attached hydrogens (tertiary/aromatic N) is 3.